The van der Waals surface area contributed by atoms with Crippen LogP contribution in [-0.4, -0.2) is 28.0 Å². The maximum Gasteiger partial charge on any atom is 0.256 e. The molecule has 1 fully saturated rings. The number of nitrogens with two attached hydrogens (primary N) is 2. The Morgan fingerprint density at radius 2 is 1.88 bits per heavy atom. The average Bonchev–Trinajstić information content (AvgIpc) is 3.39. The molecule has 168 valence electrons. The number of nitrogens with one attached hydrogen (secondary N) is 1. The van der Waals surface area contributed by atoms with Crippen LogP contribution in [0.4, 0.5) is 0 Å². The van der Waals surface area contributed by atoms with Gasteiger partial charge in [-0.1, -0.05) is 74.7 Å². The summed E-state index contributed by atoms with van der Waals surface area (Å²) in [5, 5.41) is 3.91. The molecule has 1 spiro atoms. The molecule has 4 rings (SSSR count). The molecule has 0 radical (unpaired) electrons. The number of amidine groups is 2. The predicted octanol–water partition coefficient (Wildman–Crippen LogP) is 3.68. The number of hydrogen-bond donors (Lipinski definition) is 3. The van der Waals surface area contributed by atoms with Crippen LogP contribution in [-0.2, 0) is 11.3 Å². The Bertz CT molecular complexity index is 1020. The molecule has 0 bridgehead atoms. The summed E-state index contributed by atoms with van der Waals surface area (Å²) in [6.45, 7) is 2.73. The number of nitrogens with zero attached hydrogens (tertiary/aromatic N) is 3. The van der Waals surface area contributed by atoms with E-state index >= 15 is 0 Å². The van der Waals surface area contributed by atoms with Crippen molar-refractivity contribution in [1.82, 2.24) is 10.4 Å². The normalized spacial score (nSPS) is 17.8. The standard InChI is InChI=1S/C25H32N6O/c1-2-3-10-22-28-25(15-6-7-16-25)24(32)31(22)17-18-11-13-19(14-12-18)20-8-4-5-9-21(20)23(26)29-30-27/h4-5,8-9,11-14,30H,2-3,6-7,10,15-17,27H2,1H3,(H2,26,29). The van der Waals surface area contributed by atoms with Crippen LogP contribution in [0.3, 0.4) is 0 Å². The van der Waals surface area contributed by atoms with Crippen molar-refractivity contribution in [2.75, 3.05) is 0 Å². The molecule has 1 saturated carbocycles. The first-order valence-electron chi connectivity index (χ1n) is 11.5. The first-order chi connectivity index (χ1) is 15.6. The summed E-state index contributed by atoms with van der Waals surface area (Å²) in [5.41, 5.74) is 11.7. The maximum absolute atomic E-state index is 13.3. The highest BCUT2D eigenvalue weighted by Gasteiger charge is 2.49. The maximum atomic E-state index is 13.3. The molecule has 2 aromatic rings. The lowest BCUT2D eigenvalue weighted by Crippen LogP contribution is -2.40. The molecule has 1 heterocycles. The van der Waals surface area contributed by atoms with E-state index in [0.717, 1.165) is 73.0 Å². The fourth-order valence-corrected chi connectivity index (χ4v) is 4.76. The molecule has 0 unspecified atom stereocenters. The van der Waals surface area contributed by atoms with Crippen LogP contribution in [0.2, 0.25) is 0 Å². The van der Waals surface area contributed by atoms with Crippen LogP contribution < -0.4 is 17.1 Å². The summed E-state index contributed by atoms with van der Waals surface area (Å²) in [4.78, 5) is 20.3. The van der Waals surface area contributed by atoms with Gasteiger partial charge in [-0.2, -0.15) is 0 Å². The third-order valence-corrected chi connectivity index (χ3v) is 6.48. The summed E-state index contributed by atoms with van der Waals surface area (Å²) in [6.07, 6.45) is 6.95. The Balaban J connectivity index is 1.56. The van der Waals surface area contributed by atoms with Gasteiger partial charge in [0, 0.05) is 12.0 Å². The summed E-state index contributed by atoms with van der Waals surface area (Å²) < 4.78 is 0. The van der Waals surface area contributed by atoms with E-state index in [-0.39, 0.29) is 5.91 Å². The van der Waals surface area contributed by atoms with Gasteiger partial charge in [0.1, 0.15) is 11.4 Å². The third-order valence-electron chi connectivity index (χ3n) is 6.48. The van der Waals surface area contributed by atoms with Gasteiger partial charge >= 0.3 is 0 Å². The number of aliphatic imine (C=N–C) groups is 1. The van der Waals surface area contributed by atoms with E-state index in [9.17, 15) is 4.79 Å². The molecule has 7 heteroatoms. The molecule has 0 saturated heterocycles. The highest BCUT2D eigenvalue weighted by atomic mass is 16.2. The lowest BCUT2D eigenvalue weighted by molar-refractivity contribution is -0.131. The van der Waals surface area contributed by atoms with Crippen molar-refractivity contribution in [3.05, 3.63) is 59.7 Å². The Kier molecular flexibility index (Phi) is 6.55. The van der Waals surface area contributed by atoms with E-state index < -0.39 is 5.54 Å². The van der Waals surface area contributed by atoms with E-state index in [0.29, 0.717) is 12.4 Å². The third kappa shape index (κ3) is 4.25. The van der Waals surface area contributed by atoms with Crippen LogP contribution >= 0.6 is 0 Å². The Labute approximate surface area is 189 Å². The van der Waals surface area contributed by atoms with Crippen LogP contribution in [0.5, 0.6) is 0 Å². The van der Waals surface area contributed by atoms with E-state index in [1.807, 2.05) is 29.2 Å². The number of benzene rings is 2. The number of hydrazone groups is 1. The lowest BCUT2D eigenvalue weighted by atomic mass is 9.97. The minimum atomic E-state index is -0.490. The molecule has 1 aliphatic carbocycles. The molecule has 32 heavy (non-hydrogen) atoms. The molecule has 5 N–H and O–H groups in total. The molecule has 2 aliphatic rings. The summed E-state index contributed by atoms with van der Waals surface area (Å²) in [5.74, 6) is 6.77. The van der Waals surface area contributed by atoms with Crippen molar-refractivity contribution in [2.24, 2.45) is 21.7 Å². The highest BCUT2D eigenvalue weighted by molar-refractivity contribution is 6.08. The van der Waals surface area contributed by atoms with Gasteiger partial charge in [-0.25, -0.2) is 11.4 Å². The average molecular weight is 433 g/mol. The van der Waals surface area contributed by atoms with Gasteiger partial charge in [-0.15, -0.1) is 5.10 Å². The molecule has 2 aromatic carbocycles. The van der Waals surface area contributed by atoms with Crippen molar-refractivity contribution in [2.45, 2.75) is 64.0 Å². The zero-order valence-electron chi connectivity index (χ0n) is 18.7. The topological polar surface area (TPSA) is 109 Å². The zero-order valence-corrected chi connectivity index (χ0v) is 18.7. The molecule has 1 amide bonds. The van der Waals surface area contributed by atoms with Crippen LogP contribution in [0.1, 0.15) is 63.0 Å². The number of carbonyl (C=O) groups is 1. The van der Waals surface area contributed by atoms with Crippen molar-refractivity contribution in [3.8, 4) is 11.1 Å². The predicted molar refractivity (Wildman–Crippen MR) is 129 cm³/mol. The lowest BCUT2D eigenvalue weighted by Gasteiger charge is -2.23. The van der Waals surface area contributed by atoms with Crippen LogP contribution in [0, 0.1) is 0 Å². The summed E-state index contributed by atoms with van der Waals surface area (Å²) in [7, 11) is 0. The molecule has 1 aliphatic heterocycles. The Morgan fingerprint density at radius 3 is 2.56 bits per heavy atom. The van der Waals surface area contributed by atoms with Crippen molar-refractivity contribution < 1.29 is 4.79 Å². The van der Waals surface area contributed by atoms with Gasteiger partial charge in [0.05, 0.1) is 6.54 Å². The van der Waals surface area contributed by atoms with Gasteiger partial charge in [-0.05, 0) is 36.0 Å². The fraction of sp³-hybridized carbons (Fsp3) is 0.400. The van der Waals surface area contributed by atoms with E-state index in [1.54, 1.807) is 0 Å². The van der Waals surface area contributed by atoms with Gasteiger partial charge in [0.25, 0.3) is 5.91 Å². The first-order valence-corrected chi connectivity index (χ1v) is 11.5. The molecule has 0 aromatic heterocycles. The van der Waals surface area contributed by atoms with Gasteiger partial charge in [-0.3, -0.25) is 14.7 Å². The minimum absolute atomic E-state index is 0.189. The summed E-state index contributed by atoms with van der Waals surface area (Å²) in [6, 6.07) is 16.1. The smallest absolute Gasteiger partial charge is 0.256 e. The van der Waals surface area contributed by atoms with Crippen molar-refractivity contribution in [1.29, 1.82) is 0 Å². The quantitative estimate of drug-likeness (QED) is 0.256. The fourth-order valence-electron chi connectivity index (χ4n) is 4.76. The van der Waals surface area contributed by atoms with Gasteiger partial charge in [0.15, 0.2) is 5.84 Å². The monoisotopic (exact) mass is 432 g/mol. The van der Waals surface area contributed by atoms with Crippen molar-refractivity contribution >= 4 is 17.6 Å². The van der Waals surface area contributed by atoms with E-state index in [2.05, 4.69) is 41.8 Å². The van der Waals surface area contributed by atoms with E-state index in [1.165, 1.54) is 0 Å². The second-order valence-electron chi connectivity index (χ2n) is 8.63. The number of hydrazine groups is 1. The molecular weight excluding hydrogens is 400 g/mol. The molecule has 7 nitrogen and oxygen atoms in total. The number of unbranched alkanes of at least 4 members (excludes halogenated alkanes) is 1. The highest BCUT2D eigenvalue weighted by Crippen LogP contribution is 2.40. The number of carbonyl (C=O) groups excluding carboxylic acids is 1. The number of amides is 1. The van der Waals surface area contributed by atoms with Crippen molar-refractivity contribution in [3.63, 3.8) is 0 Å². The zero-order chi connectivity index (χ0) is 22.6. The van der Waals surface area contributed by atoms with Crippen LogP contribution in [0.25, 0.3) is 11.1 Å². The van der Waals surface area contributed by atoms with Gasteiger partial charge < -0.3 is 5.73 Å². The second-order valence-corrected chi connectivity index (χ2v) is 8.63. The second kappa shape index (κ2) is 9.53. The number of hydrogen-bond acceptors (Lipinski definition) is 5. The summed E-state index contributed by atoms with van der Waals surface area (Å²) >= 11 is 0. The van der Waals surface area contributed by atoms with Gasteiger partial charge in [0.2, 0.25) is 0 Å². The first kappa shape index (κ1) is 22.0. The largest absolute Gasteiger partial charge is 0.382 e. The van der Waals surface area contributed by atoms with Crippen LogP contribution in [0.15, 0.2) is 58.6 Å². The van der Waals surface area contributed by atoms with E-state index in [4.69, 9.17) is 16.6 Å². The minimum Gasteiger partial charge on any atom is -0.382 e. The Hall–Kier alpha value is -3.19. The Morgan fingerprint density at radius 1 is 1.16 bits per heavy atom. The number of rotatable bonds is 8. The molecule has 0 atom stereocenters. The SMILES string of the molecule is CCCCC1=NC2(CCCC2)C(=O)N1Cc1ccc(-c2ccccc2/C(N)=N/NN)cc1. The molecular formula is C25H32N6O.